The molecule has 1 aliphatic heterocycles. The van der Waals surface area contributed by atoms with Crippen molar-refractivity contribution >= 4 is 11.8 Å². The highest BCUT2D eigenvalue weighted by atomic mass is 16.5. The number of ether oxygens (including phenoxy) is 2. The number of hydrogen-bond acceptors (Lipinski definition) is 5. The Morgan fingerprint density at radius 2 is 1.97 bits per heavy atom. The highest BCUT2D eigenvalue weighted by Crippen LogP contribution is 2.35. The maximum Gasteiger partial charge on any atom is 0.287 e. The molecule has 1 aromatic heterocycles. The van der Waals surface area contributed by atoms with E-state index in [0.717, 1.165) is 34.6 Å². The van der Waals surface area contributed by atoms with Crippen molar-refractivity contribution in [3.63, 3.8) is 0 Å². The Balaban J connectivity index is 1.49. The van der Waals surface area contributed by atoms with Gasteiger partial charge in [0.25, 0.3) is 5.91 Å². The number of furan rings is 1. The number of nitrogens with one attached hydrogen (secondary N) is 2. The fourth-order valence-electron chi connectivity index (χ4n) is 3.91. The van der Waals surface area contributed by atoms with Crippen molar-refractivity contribution in [2.24, 2.45) is 0 Å². The fraction of sp³-hybridized carbons (Fsp3) is 0.308. The zero-order valence-electron chi connectivity index (χ0n) is 18.8. The molecule has 2 amide bonds. The lowest BCUT2D eigenvalue weighted by molar-refractivity contribution is -0.123. The number of fused-ring (bicyclic) bond motifs is 1. The van der Waals surface area contributed by atoms with E-state index in [1.165, 1.54) is 6.26 Å². The summed E-state index contributed by atoms with van der Waals surface area (Å²) < 4.78 is 16.9. The molecule has 0 saturated heterocycles. The van der Waals surface area contributed by atoms with Gasteiger partial charge in [0.15, 0.2) is 5.76 Å². The molecule has 7 heteroatoms. The summed E-state index contributed by atoms with van der Waals surface area (Å²) in [4.78, 5) is 25.7. The smallest absolute Gasteiger partial charge is 0.287 e. The minimum Gasteiger partial charge on any atom is -0.494 e. The number of carbonyl (C=O) groups excluding carboxylic acids is 2. The molecular formula is C26H28N2O5. The monoisotopic (exact) mass is 448 g/mol. The van der Waals surface area contributed by atoms with E-state index in [-0.39, 0.29) is 24.3 Å². The molecule has 0 aliphatic carbocycles. The molecule has 33 heavy (non-hydrogen) atoms. The second-order valence-electron chi connectivity index (χ2n) is 8.04. The van der Waals surface area contributed by atoms with Crippen LogP contribution in [0.4, 0.5) is 0 Å². The van der Waals surface area contributed by atoms with Gasteiger partial charge in [-0.1, -0.05) is 30.3 Å². The Morgan fingerprint density at radius 1 is 1.15 bits per heavy atom. The van der Waals surface area contributed by atoms with Crippen LogP contribution in [0, 0.1) is 0 Å². The van der Waals surface area contributed by atoms with E-state index in [1.54, 1.807) is 12.1 Å². The lowest BCUT2D eigenvalue weighted by Gasteiger charge is -2.19. The average molecular weight is 449 g/mol. The summed E-state index contributed by atoms with van der Waals surface area (Å²) in [5, 5.41) is 5.74. The van der Waals surface area contributed by atoms with Crippen LogP contribution in [0.5, 0.6) is 11.5 Å². The van der Waals surface area contributed by atoms with Gasteiger partial charge in [-0.25, -0.2) is 0 Å². The Morgan fingerprint density at radius 3 is 2.70 bits per heavy atom. The van der Waals surface area contributed by atoms with Crippen LogP contribution in [0.2, 0.25) is 0 Å². The van der Waals surface area contributed by atoms with Crippen LogP contribution >= 0.6 is 0 Å². The maximum absolute atomic E-state index is 13.2. The normalized spacial score (nSPS) is 15.3. The standard InChI is InChI=1S/C26H28N2O5/c1-3-31-23-14-19-12-17(2)33-24(19)15-20(23)16-27-25(29)21(13-18-8-5-4-6-9-18)28-26(30)22-10-7-11-32-22/h4-11,14-15,17,21H,3,12-13,16H2,1-2H3,(H,27,29)(H,28,30)/t17-,21+/m1/s1. The van der Waals surface area contributed by atoms with E-state index in [4.69, 9.17) is 13.9 Å². The molecule has 2 atom stereocenters. The van der Waals surface area contributed by atoms with Gasteiger partial charge in [-0.2, -0.15) is 0 Å². The number of hydrogen-bond donors (Lipinski definition) is 2. The molecule has 2 N–H and O–H groups in total. The van der Waals surface area contributed by atoms with Crippen LogP contribution in [-0.2, 0) is 24.2 Å². The van der Waals surface area contributed by atoms with E-state index in [9.17, 15) is 9.59 Å². The first-order valence-electron chi connectivity index (χ1n) is 11.1. The minimum absolute atomic E-state index is 0.117. The highest BCUT2D eigenvalue weighted by Gasteiger charge is 2.25. The zero-order valence-corrected chi connectivity index (χ0v) is 18.8. The molecule has 0 unspecified atom stereocenters. The molecule has 0 bridgehead atoms. The number of amides is 2. The average Bonchev–Trinajstić information content (AvgIpc) is 3.47. The molecule has 0 fully saturated rings. The van der Waals surface area contributed by atoms with Crippen molar-refractivity contribution in [3.8, 4) is 11.5 Å². The molecule has 2 heterocycles. The van der Waals surface area contributed by atoms with Crippen molar-refractivity contribution in [1.29, 1.82) is 0 Å². The first kappa shape index (κ1) is 22.5. The number of benzene rings is 2. The van der Waals surface area contributed by atoms with Gasteiger partial charge in [-0.3, -0.25) is 9.59 Å². The molecule has 172 valence electrons. The lowest BCUT2D eigenvalue weighted by atomic mass is 10.0. The predicted octanol–water partition coefficient (Wildman–Crippen LogP) is 3.66. The van der Waals surface area contributed by atoms with Crippen molar-refractivity contribution in [2.45, 2.75) is 45.4 Å². The van der Waals surface area contributed by atoms with E-state index in [2.05, 4.69) is 10.6 Å². The topological polar surface area (TPSA) is 89.8 Å². The number of carbonyl (C=O) groups is 2. The molecule has 0 saturated carbocycles. The van der Waals surface area contributed by atoms with E-state index >= 15 is 0 Å². The van der Waals surface area contributed by atoms with Crippen LogP contribution in [0.3, 0.4) is 0 Å². The molecule has 3 aromatic rings. The second-order valence-corrected chi connectivity index (χ2v) is 8.04. The van der Waals surface area contributed by atoms with Gasteiger partial charge >= 0.3 is 0 Å². The van der Waals surface area contributed by atoms with Crippen molar-refractivity contribution in [1.82, 2.24) is 10.6 Å². The SMILES string of the molecule is CCOc1cc2c(cc1CNC(=O)[C@H](Cc1ccccc1)NC(=O)c1ccco1)O[C@H](C)C2. The van der Waals surface area contributed by atoms with Gasteiger partial charge < -0.3 is 24.5 Å². The largest absolute Gasteiger partial charge is 0.494 e. The Bertz CT molecular complexity index is 1100. The molecule has 7 nitrogen and oxygen atoms in total. The van der Waals surface area contributed by atoms with E-state index in [0.29, 0.717) is 13.0 Å². The van der Waals surface area contributed by atoms with Gasteiger partial charge in [0.1, 0.15) is 23.6 Å². The quantitative estimate of drug-likeness (QED) is 0.522. The molecular weight excluding hydrogens is 420 g/mol. The van der Waals surface area contributed by atoms with Gasteiger partial charge in [0.05, 0.1) is 12.9 Å². The summed E-state index contributed by atoms with van der Waals surface area (Å²) in [6.45, 7) is 4.72. The van der Waals surface area contributed by atoms with Crippen LogP contribution in [0.25, 0.3) is 0 Å². The third kappa shape index (κ3) is 5.55. The Hall–Kier alpha value is -3.74. The molecule has 0 radical (unpaired) electrons. The highest BCUT2D eigenvalue weighted by molar-refractivity contribution is 5.95. The summed E-state index contributed by atoms with van der Waals surface area (Å²) in [5.41, 5.74) is 2.87. The van der Waals surface area contributed by atoms with Crippen LogP contribution in [-0.4, -0.2) is 30.6 Å². The van der Waals surface area contributed by atoms with Crippen LogP contribution in [0.1, 0.15) is 41.1 Å². The molecule has 2 aromatic carbocycles. The molecule has 4 rings (SSSR count). The lowest BCUT2D eigenvalue weighted by Crippen LogP contribution is -2.47. The van der Waals surface area contributed by atoms with Crippen LogP contribution in [0.15, 0.2) is 65.3 Å². The summed E-state index contributed by atoms with van der Waals surface area (Å²) >= 11 is 0. The third-order valence-electron chi connectivity index (χ3n) is 5.48. The minimum atomic E-state index is -0.772. The van der Waals surface area contributed by atoms with Crippen molar-refractivity contribution < 1.29 is 23.5 Å². The van der Waals surface area contributed by atoms with E-state index in [1.807, 2.05) is 56.3 Å². The van der Waals surface area contributed by atoms with E-state index < -0.39 is 11.9 Å². The van der Waals surface area contributed by atoms with Crippen LogP contribution < -0.4 is 20.1 Å². The van der Waals surface area contributed by atoms with Crippen molar-refractivity contribution in [3.05, 3.63) is 83.3 Å². The zero-order chi connectivity index (χ0) is 23.2. The predicted molar refractivity (Wildman–Crippen MR) is 123 cm³/mol. The Labute approximate surface area is 193 Å². The maximum atomic E-state index is 13.2. The van der Waals surface area contributed by atoms with Crippen molar-refractivity contribution in [2.75, 3.05) is 6.61 Å². The summed E-state index contributed by atoms with van der Waals surface area (Å²) in [7, 11) is 0. The molecule has 0 spiro atoms. The fourth-order valence-corrected chi connectivity index (χ4v) is 3.91. The van der Waals surface area contributed by atoms with Gasteiger partial charge in [-0.15, -0.1) is 0 Å². The van der Waals surface area contributed by atoms with Gasteiger partial charge in [0, 0.05) is 30.5 Å². The summed E-state index contributed by atoms with van der Waals surface area (Å²) in [6.07, 6.45) is 2.72. The van der Waals surface area contributed by atoms with Gasteiger partial charge in [0.2, 0.25) is 5.91 Å². The second kappa shape index (κ2) is 10.3. The number of rotatable bonds is 9. The van der Waals surface area contributed by atoms with Gasteiger partial charge in [-0.05, 0) is 43.7 Å². The first-order chi connectivity index (χ1) is 16.0. The summed E-state index contributed by atoms with van der Waals surface area (Å²) in [5.74, 6) is 0.974. The molecule has 1 aliphatic rings. The Kier molecular flexibility index (Phi) is 6.98. The third-order valence-corrected chi connectivity index (χ3v) is 5.48. The summed E-state index contributed by atoms with van der Waals surface area (Å²) in [6, 6.07) is 15.9. The first-order valence-corrected chi connectivity index (χ1v) is 11.1.